The molecule has 1 aromatic heterocycles. The summed E-state index contributed by atoms with van der Waals surface area (Å²) in [5, 5.41) is 18.9. The molecule has 1 aliphatic heterocycles. The van der Waals surface area contributed by atoms with E-state index in [9.17, 15) is 18.5 Å². The van der Waals surface area contributed by atoms with Crippen molar-refractivity contribution in [3.05, 3.63) is 69.3 Å². The van der Waals surface area contributed by atoms with Crippen molar-refractivity contribution in [1.29, 1.82) is 5.26 Å². The first-order chi connectivity index (χ1) is 13.8. The van der Waals surface area contributed by atoms with Crippen LogP contribution in [0.25, 0.3) is 0 Å². The van der Waals surface area contributed by atoms with E-state index in [4.69, 9.17) is 10.9 Å². The molecule has 0 amide bonds. The summed E-state index contributed by atoms with van der Waals surface area (Å²) in [7, 11) is -3.83. The van der Waals surface area contributed by atoms with Gasteiger partial charge in [0, 0.05) is 23.4 Å². The highest BCUT2D eigenvalue weighted by molar-refractivity contribution is 7.89. The number of anilines is 1. The summed E-state index contributed by atoms with van der Waals surface area (Å²) < 4.78 is 23.1. The number of primary sulfonamides is 1. The Balaban J connectivity index is 1.91. The van der Waals surface area contributed by atoms with Gasteiger partial charge in [-0.3, -0.25) is 9.69 Å². The molecule has 2 heterocycles. The van der Waals surface area contributed by atoms with Crippen LogP contribution >= 0.6 is 11.3 Å². The smallest absolute Gasteiger partial charge is 0.238 e. The first-order valence-corrected chi connectivity index (χ1v) is 11.4. The molecular formula is C20H18N4O3S2. The summed E-state index contributed by atoms with van der Waals surface area (Å²) in [6.07, 6.45) is 1.75. The maximum Gasteiger partial charge on any atom is 0.238 e. The topological polar surface area (TPSA) is 130 Å². The van der Waals surface area contributed by atoms with Crippen molar-refractivity contribution in [2.45, 2.75) is 30.1 Å². The average Bonchev–Trinajstić information content (AvgIpc) is 3.21. The van der Waals surface area contributed by atoms with E-state index >= 15 is 0 Å². The standard InChI is InChI=1S/C20H18N4O3S2/c21-10-15-18(12-8-9-28-11-12)19-16(2-1-3-17(19)25)24(20(15)22)13-4-6-14(7-5-13)29(23,26)27/h4-9,11,18H,1-3,22H2,(H2,23,26,27)/t18-/m1/s1. The van der Waals surface area contributed by atoms with E-state index in [-0.39, 0.29) is 16.5 Å². The van der Waals surface area contributed by atoms with Crippen LogP contribution in [0.4, 0.5) is 5.69 Å². The molecule has 0 fully saturated rings. The van der Waals surface area contributed by atoms with Crippen molar-refractivity contribution in [3.63, 3.8) is 0 Å². The van der Waals surface area contributed by atoms with Gasteiger partial charge in [-0.2, -0.15) is 16.6 Å². The maximum absolute atomic E-state index is 12.9. The van der Waals surface area contributed by atoms with Crippen molar-refractivity contribution in [1.82, 2.24) is 0 Å². The van der Waals surface area contributed by atoms with E-state index < -0.39 is 15.9 Å². The minimum Gasteiger partial charge on any atom is -0.384 e. The number of ketones is 1. The molecule has 0 spiro atoms. The lowest BCUT2D eigenvalue weighted by molar-refractivity contribution is -0.116. The lowest BCUT2D eigenvalue weighted by atomic mass is 9.76. The fourth-order valence-electron chi connectivity index (χ4n) is 3.94. The van der Waals surface area contributed by atoms with Gasteiger partial charge in [0.15, 0.2) is 5.78 Å². The molecule has 4 rings (SSSR count). The zero-order valence-corrected chi connectivity index (χ0v) is 17.0. The van der Waals surface area contributed by atoms with E-state index in [1.54, 1.807) is 17.0 Å². The molecular weight excluding hydrogens is 408 g/mol. The fraction of sp³-hybridized carbons (Fsp3) is 0.200. The first-order valence-electron chi connectivity index (χ1n) is 8.94. The first kappa shape index (κ1) is 19.4. The van der Waals surface area contributed by atoms with Gasteiger partial charge in [0.2, 0.25) is 10.0 Å². The van der Waals surface area contributed by atoms with Crippen LogP contribution in [-0.2, 0) is 14.8 Å². The van der Waals surface area contributed by atoms with Gasteiger partial charge >= 0.3 is 0 Å². The van der Waals surface area contributed by atoms with E-state index in [0.717, 1.165) is 11.3 Å². The van der Waals surface area contributed by atoms with Gasteiger partial charge in [0.25, 0.3) is 0 Å². The molecule has 0 bridgehead atoms. The Labute approximate surface area is 172 Å². The zero-order valence-electron chi connectivity index (χ0n) is 15.3. The minimum absolute atomic E-state index is 0.00820. The third-order valence-corrected chi connectivity index (χ3v) is 6.84. The van der Waals surface area contributed by atoms with Crippen molar-refractivity contribution in [2.24, 2.45) is 10.9 Å². The summed E-state index contributed by atoms with van der Waals surface area (Å²) in [6.45, 7) is 0. The molecule has 2 aromatic rings. The predicted octanol–water partition coefficient (Wildman–Crippen LogP) is 2.70. The number of carbonyl (C=O) groups excluding carboxylic acids is 1. The van der Waals surface area contributed by atoms with Crippen LogP contribution in [0, 0.1) is 11.3 Å². The van der Waals surface area contributed by atoms with Gasteiger partial charge < -0.3 is 5.73 Å². The van der Waals surface area contributed by atoms with Gasteiger partial charge in [0.05, 0.1) is 22.5 Å². The highest BCUT2D eigenvalue weighted by atomic mass is 32.2. The monoisotopic (exact) mass is 426 g/mol. The minimum atomic E-state index is -3.83. The molecule has 9 heteroatoms. The van der Waals surface area contributed by atoms with Gasteiger partial charge in [-0.1, -0.05) is 0 Å². The SMILES string of the molecule is N#CC1=C(N)N(c2ccc(S(N)(=O)=O)cc2)C2=C(C(=O)CCC2)[C@@H]1c1ccsc1. The number of nitrogens with zero attached hydrogens (tertiary/aromatic N) is 2. The molecule has 0 saturated carbocycles. The van der Waals surface area contributed by atoms with Crippen LogP contribution in [0.2, 0.25) is 0 Å². The Bertz CT molecular complexity index is 1190. The summed E-state index contributed by atoms with van der Waals surface area (Å²) in [5.41, 5.74) is 9.56. The number of Topliss-reactive ketones (excluding diaryl/α,β-unsaturated/α-hetero) is 1. The second kappa shape index (κ2) is 7.15. The Morgan fingerprint density at radius 2 is 1.90 bits per heavy atom. The highest BCUT2D eigenvalue weighted by Crippen LogP contribution is 2.46. The van der Waals surface area contributed by atoms with Crippen LogP contribution in [0.3, 0.4) is 0 Å². The van der Waals surface area contributed by atoms with Crippen LogP contribution in [0.5, 0.6) is 0 Å². The lowest BCUT2D eigenvalue weighted by Crippen LogP contribution is -2.38. The Morgan fingerprint density at radius 3 is 2.48 bits per heavy atom. The van der Waals surface area contributed by atoms with Crippen molar-refractivity contribution in [2.75, 3.05) is 4.90 Å². The predicted molar refractivity (Wildman–Crippen MR) is 110 cm³/mol. The second-order valence-electron chi connectivity index (χ2n) is 6.91. The number of hydrogen-bond donors (Lipinski definition) is 2. The average molecular weight is 427 g/mol. The number of sulfonamides is 1. The summed E-state index contributed by atoms with van der Waals surface area (Å²) >= 11 is 1.50. The largest absolute Gasteiger partial charge is 0.384 e. The van der Waals surface area contributed by atoms with Crippen molar-refractivity contribution in [3.8, 4) is 6.07 Å². The third-order valence-electron chi connectivity index (χ3n) is 5.21. The van der Waals surface area contributed by atoms with Crippen LogP contribution in [-0.4, -0.2) is 14.2 Å². The van der Waals surface area contributed by atoms with Gasteiger partial charge in [-0.15, -0.1) is 0 Å². The summed E-state index contributed by atoms with van der Waals surface area (Å²) in [6, 6.07) is 10.0. The number of rotatable bonds is 3. The third kappa shape index (κ3) is 3.25. The molecule has 0 unspecified atom stereocenters. The number of benzene rings is 1. The number of allylic oxidation sites excluding steroid dienone is 3. The molecule has 0 radical (unpaired) electrons. The summed E-state index contributed by atoms with van der Waals surface area (Å²) in [5.74, 6) is -0.219. The maximum atomic E-state index is 12.9. The van der Waals surface area contributed by atoms with E-state index in [2.05, 4.69) is 6.07 Å². The van der Waals surface area contributed by atoms with Crippen LogP contribution in [0.15, 0.2) is 68.7 Å². The number of thiophene rings is 1. The number of carbonyl (C=O) groups is 1. The number of nitrogens with two attached hydrogens (primary N) is 2. The van der Waals surface area contributed by atoms with Gasteiger partial charge in [0.1, 0.15) is 5.82 Å². The number of nitriles is 1. The molecule has 1 aliphatic carbocycles. The molecule has 1 aromatic carbocycles. The van der Waals surface area contributed by atoms with Crippen molar-refractivity contribution < 1.29 is 13.2 Å². The van der Waals surface area contributed by atoms with Gasteiger partial charge in [-0.25, -0.2) is 13.6 Å². The summed E-state index contributed by atoms with van der Waals surface area (Å²) in [4.78, 5) is 14.6. The molecule has 1 atom stereocenters. The van der Waals surface area contributed by atoms with Crippen LogP contribution in [0.1, 0.15) is 30.7 Å². The molecule has 7 nitrogen and oxygen atoms in total. The highest BCUT2D eigenvalue weighted by Gasteiger charge is 2.40. The zero-order chi connectivity index (χ0) is 20.8. The molecule has 148 valence electrons. The van der Waals surface area contributed by atoms with E-state index in [0.29, 0.717) is 36.1 Å². The normalized spacial score (nSPS) is 19.9. The van der Waals surface area contributed by atoms with E-state index in [1.807, 2.05) is 16.8 Å². The second-order valence-corrected chi connectivity index (χ2v) is 9.25. The molecule has 2 aliphatic rings. The number of hydrogen-bond acceptors (Lipinski definition) is 7. The van der Waals surface area contributed by atoms with E-state index in [1.165, 1.54) is 23.5 Å². The Hall–Kier alpha value is -2.93. The van der Waals surface area contributed by atoms with Crippen LogP contribution < -0.4 is 15.8 Å². The Kier molecular flexibility index (Phi) is 4.78. The Morgan fingerprint density at radius 1 is 1.17 bits per heavy atom. The molecule has 4 N–H and O–H groups in total. The molecule has 0 saturated heterocycles. The lowest BCUT2D eigenvalue weighted by Gasteiger charge is -2.39. The van der Waals surface area contributed by atoms with Gasteiger partial charge in [-0.05, 0) is 59.5 Å². The fourth-order valence-corrected chi connectivity index (χ4v) is 5.14. The van der Waals surface area contributed by atoms with Crippen molar-refractivity contribution >= 4 is 32.8 Å². The molecule has 29 heavy (non-hydrogen) atoms. The quantitative estimate of drug-likeness (QED) is 0.776.